The first kappa shape index (κ1) is 17.5. The van der Waals surface area contributed by atoms with Gasteiger partial charge in [-0.15, -0.1) is 0 Å². The maximum atomic E-state index is 3.95. The molecule has 8 atom stereocenters. The molecule has 0 radical (unpaired) electrons. The van der Waals surface area contributed by atoms with Crippen molar-refractivity contribution in [2.24, 2.45) is 41.4 Å². The van der Waals surface area contributed by atoms with E-state index in [1.54, 1.807) is 11.1 Å². The van der Waals surface area contributed by atoms with E-state index >= 15 is 0 Å². The van der Waals surface area contributed by atoms with Crippen molar-refractivity contribution in [1.29, 1.82) is 0 Å². The van der Waals surface area contributed by atoms with Gasteiger partial charge < -0.3 is 0 Å². The number of allylic oxidation sites excluding steroid dienone is 1. The van der Waals surface area contributed by atoms with Crippen LogP contribution in [0, 0.1) is 41.4 Å². The predicted octanol–water partition coefficient (Wildman–Crippen LogP) is 7.12. The molecule has 1 heteroatoms. The number of fused-ring (bicyclic) bond motifs is 3. The fourth-order valence-corrected chi connectivity index (χ4v) is 8.22. The molecule has 1 aromatic rings. The first-order valence-electron chi connectivity index (χ1n) is 11.0. The second-order valence-corrected chi connectivity index (χ2v) is 11.3. The lowest BCUT2D eigenvalue weighted by molar-refractivity contribution is 0.0238. The zero-order valence-electron chi connectivity index (χ0n) is 16.3. The fourth-order valence-electron chi connectivity index (χ4n) is 7.47. The van der Waals surface area contributed by atoms with Crippen LogP contribution < -0.4 is 0 Å². The molecule has 1 aromatic carbocycles. The number of alkyl halides is 1. The lowest BCUT2D eigenvalue weighted by Crippen LogP contribution is -2.41. The Balaban J connectivity index is 1.34. The Morgan fingerprint density at radius 1 is 0.962 bits per heavy atom. The molecule has 4 aliphatic carbocycles. The van der Waals surface area contributed by atoms with E-state index < -0.39 is 0 Å². The van der Waals surface area contributed by atoms with E-state index in [0.29, 0.717) is 0 Å². The second-order valence-electron chi connectivity index (χ2n) is 10.0. The summed E-state index contributed by atoms with van der Waals surface area (Å²) in [5.74, 6) is 6.81. The molecule has 0 spiro atoms. The summed E-state index contributed by atoms with van der Waals surface area (Å²) >= 11 is 3.95. The summed E-state index contributed by atoms with van der Waals surface area (Å²) in [5.41, 5.74) is 4.74. The van der Waals surface area contributed by atoms with Crippen LogP contribution in [0.1, 0.15) is 63.5 Å². The molecule has 0 saturated heterocycles. The van der Waals surface area contributed by atoms with E-state index in [0.717, 1.165) is 46.3 Å². The highest BCUT2D eigenvalue weighted by Crippen LogP contribution is 2.59. The quantitative estimate of drug-likeness (QED) is 0.453. The molecule has 5 rings (SSSR count). The van der Waals surface area contributed by atoms with Crippen molar-refractivity contribution in [2.45, 2.75) is 63.6 Å². The minimum Gasteiger partial charge on any atom is -0.0891 e. The van der Waals surface area contributed by atoms with Crippen molar-refractivity contribution >= 4 is 22.0 Å². The SMILES string of the molecule is CC1CC2C(C)C3CCC(Br)CC3CC2C1CC1=Cc2ccccc2C1. The maximum Gasteiger partial charge on any atom is 0.0148 e. The lowest BCUT2D eigenvalue weighted by Gasteiger charge is -2.48. The Morgan fingerprint density at radius 3 is 2.65 bits per heavy atom. The standard InChI is InChI=1S/C25H33Br/c1-15-9-24-16(2)22-8-7-21(26)13-20(22)14-25(24)23(15)12-17-10-18-5-3-4-6-19(18)11-17/h3-6,10,15-16,20-25H,7-9,11-14H2,1-2H3. The monoisotopic (exact) mass is 412 g/mol. The molecule has 0 nitrogen and oxygen atoms in total. The zero-order chi connectivity index (χ0) is 17.8. The van der Waals surface area contributed by atoms with Crippen molar-refractivity contribution in [2.75, 3.05) is 0 Å². The van der Waals surface area contributed by atoms with Gasteiger partial charge in [0.2, 0.25) is 0 Å². The van der Waals surface area contributed by atoms with E-state index in [2.05, 4.69) is 60.1 Å². The molecular weight excluding hydrogens is 380 g/mol. The molecular formula is C25H33Br. The van der Waals surface area contributed by atoms with E-state index in [-0.39, 0.29) is 0 Å². The van der Waals surface area contributed by atoms with Crippen molar-refractivity contribution in [1.82, 2.24) is 0 Å². The smallest absolute Gasteiger partial charge is 0.0148 e. The predicted molar refractivity (Wildman–Crippen MR) is 114 cm³/mol. The molecule has 4 aliphatic rings. The summed E-state index contributed by atoms with van der Waals surface area (Å²) in [6.45, 7) is 5.18. The van der Waals surface area contributed by atoms with E-state index in [9.17, 15) is 0 Å². The van der Waals surface area contributed by atoms with Gasteiger partial charge in [0.25, 0.3) is 0 Å². The van der Waals surface area contributed by atoms with Gasteiger partial charge in [0.15, 0.2) is 0 Å². The van der Waals surface area contributed by atoms with Crippen molar-refractivity contribution in [3.8, 4) is 0 Å². The van der Waals surface area contributed by atoms with E-state index in [1.807, 2.05) is 0 Å². The molecule has 26 heavy (non-hydrogen) atoms. The second kappa shape index (κ2) is 6.80. The molecule has 140 valence electrons. The molecule has 0 aromatic heterocycles. The largest absolute Gasteiger partial charge is 0.0891 e. The van der Waals surface area contributed by atoms with Crippen LogP contribution in [0.4, 0.5) is 0 Å². The number of hydrogen-bond donors (Lipinski definition) is 0. The summed E-state index contributed by atoms with van der Waals surface area (Å²) in [6, 6.07) is 9.02. The number of benzene rings is 1. The Bertz CT molecular complexity index is 702. The molecule has 0 aliphatic heterocycles. The van der Waals surface area contributed by atoms with Crippen molar-refractivity contribution < 1.29 is 0 Å². The minimum absolute atomic E-state index is 0.789. The maximum absolute atomic E-state index is 3.95. The third-order valence-corrected chi connectivity index (χ3v) is 9.54. The third-order valence-electron chi connectivity index (χ3n) is 8.71. The van der Waals surface area contributed by atoms with Gasteiger partial charge >= 0.3 is 0 Å². The van der Waals surface area contributed by atoms with Crippen LogP contribution in [0.5, 0.6) is 0 Å². The molecule has 3 saturated carbocycles. The summed E-state index contributed by atoms with van der Waals surface area (Å²) in [4.78, 5) is 0.789. The van der Waals surface area contributed by atoms with Crippen molar-refractivity contribution in [3.63, 3.8) is 0 Å². The average molecular weight is 413 g/mol. The lowest BCUT2D eigenvalue weighted by atomic mass is 9.58. The molecule has 0 bridgehead atoms. The van der Waals surface area contributed by atoms with Gasteiger partial charge in [-0.25, -0.2) is 0 Å². The Labute approximate surface area is 168 Å². The highest BCUT2D eigenvalue weighted by molar-refractivity contribution is 9.09. The van der Waals surface area contributed by atoms with Gasteiger partial charge in [-0.1, -0.05) is 65.7 Å². The Morgan fingerprint density at radius 2 is 1.81 bits per heavy atom. The van der Waals surface area contributed by atoms with Crippen LogP contribution in [0.3, 0.4) is 0 Å². The van der Waals surface area contributed by atoms with Gasteiger partial charge in [0, 0.05) is 4.83 Å². The third kappa shape index (κ3) is 2.93. The molecule has 3 fully saturated rings. The zero-order valence-corrected chi connectivity index (χ0v) is 17.9. The molecule has 8 unspecified atom stereocenters. The van der Waals surface area contributed by atoms with Crippen LogP contribution in [0.25, 0.3) is 6.08 Å². The first-order chi connectivity index (χ1) is 12.6. The number of rotatable bonds is 2. The molecule has 0 heterocycles. The minimum atomic E-state index is 0.789. The van der Waals surface area contributed by atoms with Gasteiger partial charge in [-0.2, -0.15) is 0 Å². The summed E-state index contributed by atoms with van der Waals surface area (Å²) in [6.07, 6.45) is 12.4. The van der Waals surface area contributed by atoms with Crippen LogP contribution >= 0.6 is 15.9 Å². The first-order valence-corrected chi connectivity index (χ1v) is 11.9. The Kier molecular flexibility index (Phi) is 4.58. The molecule has 0 N–H and O–H groups in total. The van der Waals surface area contributed by atoms with Crippen molar-refractivity contribution in [3.05, 3.63) is 41.0 Å². The van der Waals surface area contributed by atoms with Gasteiger partial charge in [0.05, 0.1) is 0 Å². The molecule has 0 amide bonds. The van der Waals surface area contributed by atoms with E-state index in [1.165, 1.54) is 50.5 Å². The number of hydrogen-bond acceptors (Lipinski definition) is 0. The normalized spacial score (nSPS) is 44.2. The van der Waals surface area contributed by atoms with E-state index in [4.69, 9.17) is 0 Å². The summed E-state index contributed by atoms with van der Waals surface area (Å²) in [7, 11) is 0. The highest BCUT2D eigenvalue weighted by atomic mass is 79.9. The fraction of sp³-hybridized carbons (Fsp3) is 0.680. The highest BCUT2D eigenvalue weighted by Gasteiger charge is 2.51. The topological polar surface area (TPSA) is 0 Å². The van der Waals surface area contributed by atoms with Gasteiger partial charge in [0.1, 0.15) is 0 Å². The summed E-state index contributed by atoms with van der Waals surface area (Å²) in [5, 5.41) is 0. The van der Waals surface area contributed by atoms with Crippen LogP contribution in [-0.4, -0.2) is 4.83 Å². The Hall–Kier alpha value is -0.560. The van der Waals surface area contributed by atoms with Gasteiger partial charge in [-0.3, -0.25) is 0 Å². The van der Waals surface area contributed by atoms with Crippen LogP contribution in [0.15, 0.2) is 29.8 Å². The summed E-state index contributed by atoms with van der Waals surface area (Å²) < 4.78 is 0. The van der Waals surface area contributed by atoms with Crippen LogP contribution in [-0.2, 0) is 6.42 Å². The van der Waals surface area contributed by atoms with Gasteiger partial charge in [-0.05, 0) is 97.5 Å². The average Bonchev–Trinajstić information content (AvgIpc) is 3.17. The number of halogens is 1. The van der Waals surface area contributed by atoms with Crippen LogP contribution in [0.2, 0.25) is 0 Å².